The molecule has 0 saturated carbocycles. The Bertz CT molecular complexity index is 401. The molecule has 2 unspecified atom stereocenters. The summed E-state index contributed by atoms with van der Waals surface area (Å²) in [6.45, 7) is 1.42. The van der Waals surface area contributed by atoms with E-state index in [1.165, 1.54) is 30.9 Å². The van der Waals surface area contributed by atoms with Gasteiger partial charge >= 0.3 is 0 Å². The lowest BCUT2D eigenvalue weighted by atomic mass is 10.1. The number of aromatic nitrogens is 2. The molecule has 1 aromatic rings. The molecular weight excluding hydrogens is 214 g/mol. The van der Waals surface area contributed by atoms with E-state index in [0.717, 1.165) is 19.3 Å². The van der Waals surface area contributed by atoms with Gasteiger partial charge in [-0.05, 0) is 39.3 Å². The zero-order chi connectivity index (χ0) is 11.8. The number of aliphatic hydroxyl groups is 1. The molecule has 2 atom stereocenters. The van der Waals surface area contributed by atoms with E-state index in [1.54, 1.807) is 0 Å². The van der Waals surface area contributed by atoms with Crippen LogP contribution >= 0.6 is 0 Å². The van der Waals surface area contributed by atoms with E-state index in [1.807, 2.05) is 0 Å². The van der Waals surface area contributed by atoms with Gasteiger partial charge in [-0.15, -0.1) is 0 Å². The van der Waals surface area contributed by atoms with Crippen LogP contribution in [0.3, 0.4) is 0 Å². The molecule has 1 aromatic heterocycles. The van der Waals surface area contributed by atoms with Crippen LogP contribution in [-0.2, 0) is 6.42 Å². The molecule has 1 fully saturated rings. The molecule has 2 aliphatic heterocycles. The van der Waals surface area contributed by atoms with Crippen LogP contribution in [0.2, 0.25) is 0 Å². The van der Waals surface area contributed by atoms with Crippen molar-refractivity contribution in [3.8, 4) is 0 Å². The summed E-state index contributed by atoms with van der Waals surface area (Å²) < 4.78 is 2.21. The van der Waals surface area contributed by atoms with Crippen molar-refractivity contribution in [2.45, 2.75) is 44.2 Å². The molecule has 3 heterocycles. The molecular formula is C13H21N3O. The number of nitrogens with zero attached hydrogens (tertiary/aromatic N) is 3. The third-order valence-corrected chi connectivity index (χ3v) is 4.23. The Morgan fingerprint density at radius 1 is 1.41 bits per heavy atom. The van der Waals surface area contributed by atoms with Gasteiger partial charge in [0.15, 0.2) is 0 Å². The topological polar surface area (TPSA) is 41.3 Å². The van der Waals surface area contributed by atoms with E-state index in [9.17, 15) is 5.11 Å². The Hall–Kier alpha value is -0.870. The van der Waals surface area contributed by atoms with Crippen molar-refractivity contribution >= 4 is 0 Å². The molecule has 0 amide bonds. The van der Waals surface area contributed by atoms with Crippen molar-refractivity contribution in [3.05, 3.63) is 17.7 Å². The predicted octanol–water partition coefficient (Wildman–Crippen LogP) is 1.52. The second kappa shape index (κ2) is 4.42. The molecule has 2 aliphatic rings. The Morgan fingerprint density at radius 3 is 3.00 bits per heavy atom. The van der Waals surface area contributed by atoms with Gasteiger partial charge in [0.1, 0.15) is 5.82 Å². The summed E-state index contributed by atoms with van der Waals surface area (Å²) in [5, 5.41) is 9.41. The molecule has 3 rings (SSSR count). The monoisotopic (exact) mass is 235 g/mol. The minimum atomic E-state index is 0.239. The van der Waals surface area contributed by atoms with Gasteiger partial charge < -0.3 is 9.67 Å². The van der Waals surface area contributed by atoms with Crippen molar-refractivity contribution in [2.75, 3.05) is 20.2 Å². The fourth-order valence-electron chi connectivity index (χ4n) is 3.21. The highest BCUT2D eigenvalue weighted by Gasteiger charge is 2.28. The Kier molecular flexibility index (Phi) is 2.92. The van der Waals surface area contributed by atoms with Crippen molar-refractivity contribution in [1.29, 1.82) is 0 Å². The van der Waals surface area contributed by atoms with Crippen LogP contribution in [0.25, 0.3) is 0 Å². The highest BCUT2D eigenvalue weighted by atomic mass is 16.3. The standard InChI is InChI=1S/C13H21N3O/c1-15-7-3-5-12(15)11-8-16-10(9-17)4-2-6-13(16)14-11/h8,10,12,17H,2-7,9H2,1H3. The maximum Gasteiger partial charge on any atom is 0.109 e. The Labute approximate surface area is 102 Å². The molecule has 0 radical (unpaired) electrons. The lowest BCUT2D eigenvalue weighted by molar-refractivity contribution is 0.206. The highest BCUT2D eigenvalue weighted by molar-refractivity contribution is 5.13. The number of likely N-dealkylation sites (tertiary alicyclic amines) is 1. The molecule has 0 aliphatic carbocycles. The largest absolute Gasteiger partial charge is 0.394 e. The average Bonchev–Trinajstić information content (AvgIpc) is 2.93. The van der Waals surface area contributed by atoms with Gasteiger partial charge in [-0.2, -0.15) is 0 Å². The number of hydrogen-bond donors (Lipinski definition) is 1. The highest BCUT2D eigenvalue weighted by Crippen LogP contribution is 2.32. The third kappa shape index (κ3) is 1.89. The van der Waals surface area contributed by atoms with Crippen LogP contribution in [0.1, 0.15) is 49.3 Å². The summed E-state index contributed by atoms with van der Waals surface area (Å²) in [5.41, 5.74) is 1.21. The summed E-state index contributed by atoms with van der Waals surface area (Å²) in [6.07, 6.45) is 7.97. The Balaban J connectivity index is 1.90. The van der Waals surface area contributed by atoms with Crippen molar-refractivity contribution in [3.63, 3.8) is 0 Å². The van der Waals surface area contributed by atoms with Crippen LogP contribution in [0.5, 0.6) is 0 Å². The number of rotatable bonds is 2. The van der Waals surface area contributed by atoms with E-state index in [4.69, 9.17) is 4.98 Å². The van der Waals surface area contributed by atoms with Gasteiger partial charge in [-0.3, -0.25) is 4.90 Å². The first-order chi connectivity index (χ1) is 8.29. The molecule has 94 valence electrons. The molecule has 0 bridgehead atoms. The fourth-order valence-corrected chi connectivity index (χ4v) is 3.21. The normalized spacial score (nSPS) is 29.5. The van der Waals surface area contributed by atoms with Gasteiger partial charge in [0.05, 0.1) is 24.4 Å². The van der Waals surface area contributed by atoms with E-state index in [0.29, 0.717) is 6.04 Å². The molecule has 0 spiro atoms. The SMILES string of the molecule is CN1CCCC1c1cn2c(n1)CCCC2CO. The number of fused-ring (bicyclic) bond motifs is 1. The number of aliphatic hydroxyl groups excluding tert-OH is 1. The van der Waals surface area contributed by atoms with E-state index < -0.39 is 0 Å². The summed E-state index contributed by atoms with van der Waals surface area (Å²) in [6, 6.07) is 0.749. The van der Waals surface area contributed by atoms with Gasteiger partial charge in [0.2, 0.25) is 0 Å². The summed E-state index contributed by atoms with van der Waals surface area (Å²) in [4.78, 5) is 7.18. The smallest absolute Gasteiger partial charge is 0.109 e. The maximum absolute atomic E-state index is 9.41. The van der Waals surface area contributed by atoms with Crippen LogP contribution in [-0.4, -0.2) is 39.8 Å². The molecule has 1 N–H and O–H groups in total. The maximum atomic E-state index is 9.41. The van der Waals surface area contributed by atoms with Crippen LogP contribution in [0.4, 0.5) is 0 Å². The van der Waals surface area contributed by atoms with Crippen LogP contribution in [0, 0.1) is 0 Å². The second-order valence-corrected chi connectivity index (χ2v) is 5.36. The minimum absolute atomic E-state index is 0.239. The molecule has 17 heavy (non-hydrogen) atoms. The average molecular weight is 235 g/mol. The lowest BCUT2D eigenvalue weighted by Gasteiger charge is -2.22. The van der Waals surface area contributed by atoms with Crippen molar-refractivity contribution in [2.24, 2.45) is 0 Å². The van der Waals surface area contributed by atoms with E-state index in [2.05, 4.69) is 22.7 Å². The molecule has 4 heteroatoms. The van der Waals surface area contributed by atoms with Gasteiger partial charge in [0, 0.05) is 12.6 Å². The number of hydrogen-bond acceptors (Lipinski definition) is 3. The minimum Gasteiger partial charge on any atom is -0.394 e. The number of imidazole rings is 1. The summed E-state index contributed by atoms with van der Waals surface area (Å²) in [7, 11) is 2.18. The zero-order valence-electron chi connectivity index (χ0n) is 10.5. The summed E-state index contributed by atoms with van der Waals surface area (Å²) >= 11 is 0. The van der Waals surface area contributed by atoms with Crippen LogP contribution < -0.4 is 0 Å². The third-order valence-electron chi connectivity index (χ3n) is 4.23. The van der Waals surface area contributed by atoms with Crippen molar-refractivity contribution in [1.82, 2.24) is 14.5 Å². The molecule has 0 aromatic carbocycles. The predicted molar refractivity (Wildman–Crippen MR) is 65.9 cm³/mol. The fraction of sp³-hybridized carbons (Fsp3) is 0.769. The van der Waals surface area contributed by atoms with Crippen molar-refractivity contribution < 1.29 is 5.11 Å². The first-order valence-corrected chi connectivity index (χ1v) is 6.68. The van der Waals surface area contributed by atoms with Gasteiger partial charge in [-0.1, -0.05) is 0 Å². The lowest BCUT2D eigenvalue weighted by Crippen LogP contribution is -2.20. The quantitative estimate of drug-likeness (QED) is 0.845. The second-order valence-electron chi connectivity index (χ2n) is 5.36. The molecule has 4 nitrogen and oxygen atoms in total. The Morgan fingerprint density at radius 2 is 2.29 bits per heavy atom. The summed E-state index contributed by atoms with van der Waals surface area (Å²) in [5.74, 6) is 1.17. The first kappa shape index (κ1) is 11.2. The first-order valence-electron chi connectivity index (χ1n) is 6.68. The number of aryl methyl sites for hydroxylation is 1. The van der Waals surface area contributed by atoms with E-state index >= 15 is 0 Å². The molecule has 1 saturated heterocycles. The van der Waals surface area contributed by atoms with Crippen LogP contribution in [0.15, 0.2) is 6.20 Å². The van der Waals surface area contributed by atoms with Gasteiger partial charge in [0.25, 0.3) is 0 Å². The van der Waals surface area contributed by atoms with Gasteiger partial charge in [-0.25, -0.2) is 4.98 Å². The zero-order valence-corrected chi connectivity index (χ0v) is 10.5. The van der Waals surface area contributed by atoms with E-state index in [-0.39, 0.29) is 12.6 Å².